The average Bonchev–Trinajstić information content (AvgIpc) is 2.72. The molecule has 0 radical (unpaired) electrons. The van der Waals surface area contributed by atoms with E-state index in [0.29, 0.717) is 10.1 Å². The van der Waals surface area contributed by atoms with Gasteiger partial charge in [-0.3, -0.25) is 0 Å². The molecule has 0 unspecified atom stereocenters. The highest BCUT2D eigenvalue weighted by Gasteiger charge is 2.08. The molecule has 6 nitrogen and oxygen atoms in total. The lowest BCUT2D eigenvalue weighted by Crippen LogP contribution is -1.93. The first-order chi connectivity index (χ1) is 6.77. The van der Waals surface area contributed by atoms with Crippen molar-refractivity contribution < 1.29 is 0 Å². The smallest absolute Gasteiger partial charge is 0.209 e. The third-order valence-electron chi connectivity index (χ3n) is 1.43. The minimum Gasteiger partial charge on any atom is -0.224 e. The molecule has 0 saturated heterocycles. The SMILES string of the molecule is Cn1nnnc1SCc1nnsc1Cl. The van der Waals surface area contributed by atoms with Gasteiger partial charge in [-0.2, -0.15) is 0 Å². The molecule has 0 amide bonds. The topological polar surface area (TPSA) is 69.4 Å². The Bertz CT molecular complexity index is 385. The lowest BCUT2D eigenvalue weighted by Gasteiger charge is -1.95. The molecular weight excluding hydrogens is 244 g/mol. The second-order valence-electron chi connectivity index (χ2n) is 2.37. The standard InChI is InChI=1S/C5H5ClN6S2/c1-12-5(8-9-10-12)13-2-3-4(6)14-11-7-3/h2H2,1H3. The first-order valence-electron chi connectivity index (χ1n) is 3.59. The third kappa shape index (κ3) is 2.02. The fourth-order valence-electron chi connectivity index (χ4n) is 0.760. The zero-order chi connectivity index (χ0) is 9.97. The normalized spacial score (nSPS) is 10.7. The molecule has 2 rings (SSSR count). The van der Waals surface area contributed by atoms with Crippen LogP contribution in [0.1, 0.15) is 5.69 Å². The number of aryl methyl sites for hydroxylation is 1. The van der Waals surface area contributed by atoms with E-state index in [9.17, 15) is 0 Å². The highest BCUT2D eigenvalue weighted by molar-refractivity contribution is 7.98. The van der Waals surface area contributed by atoms with Crippen molar-refractivity contribution >= 4 is 34.9 Å². The lowest BCUT2D eigenvalue weighted by molar-refractivity contribution is 0.664. The van der Waals surface area contributed by atoms with E-state index in [4.69, 9.17) is 11.6 Å². The van der Waals surface area contributed by atoms with Crippen LogP contribution in [0.5, 0.6) is 0 Å². The van der Waals surface area contributed by atoms with Crippen LogP contribution in [-0.2, 0) is 12.8 Å². The van der Waals surface area contributed by atoms with Crippen LogP contribution in [0, 0.1) is 0 Å². The van der Waals surface area contributed by atoms with Gasteiger partial charge in [0, 0.05) is 24.3 Å². The molecule has 0 aliphatic heterocycles. The average molecular weight is 249 g/mol. The van der Waals surface area contributed by atoms with Gasteiger partial charge in [0.2, 0.25) is 5.16 Å². The molecule has 0 spiro atoms. The summed E-state index contributed by atoms with van der Waals surface area (Å²) >= 11 is 8.49. The largest absolute Gasteiger partial charge is 0.224 e. The molecule has 9 heteroatoms. The molecule has 74 valence electrons. The molecule has 0 aromatic carbocycles. The van der Waals surface area contributed by atoms with Gasteiger partial charge >= 0.3 is 0 Å². The predicted molar refractivity (Wildman–Crippen MR) is 53.3 cm³/mol. The zero-order valence-corrected chi connectivity index (χ0v) is 9.47. The number of thioether (sulfide) groups is 1. The van der Waals surface area contributed by atoms with Gasteiger partial charge < -0.3 is 0 Å². The van der Waals surface area contributed by atoms with Gasteiger partial charge in [0.25, 0.3) is 0 Å². The summed E-state index contributed by atoms with van der Waals surface area (Å²) < 4.78 is 5.95. The molecule has 2 aromatic heterocycles. The van der Waals surface area contributed by atoms with E-state index < -0.39 is 0 Å². The minimum atomic E-state index is 0.618. The first kappa shape index (κ1) is 9.81. The molecule has 0 saturated carbocycles. The number of halogens is 1. The van der Waals surface area contributed by atoms with Crippen molar-refractivity contribution in [2.45, 2.75) is 10.9 Å². The molecule has 0 N–H and O–H groups in total. The Morgan fingerprint density at radius 2 is 2.36 bits per heavy atom. The summed E-state index contributed by atoms with van der Waals surface area (Å²) in [5.74, 6) is 0.629. The Morgan fingerprint density at radius 1 is 1.50 bits per heavy atom. The fraction of sp³-hybridized carbons (Fsp3) is 0.400. The second-order valence-corrected chi connectivity index (χ2v) is 4.67. The van der Waals surface area contributed by atoms with E-state index in [1.807, 2.05) is 0 Å². The third-order valence-corrected chi connectivity index (χ3v) is 3.43. The van der Waals surface area contributed by atoms with Crippen molar-refractivity contribution in [3.8, 4) is 0 Å². The molecule has 14 heavy (non-hydrogen) atoms. The van der Waals surface area contributed by atoms with Gasteiger partial charge in [-0.25, -0.2) is 4.68 Å². The van der Waals surface area contributed by atoms with E-state index in [-0.39, 0.29) is 0 Å². The molecule has 2 heterocycles. The van der Waals surface area contributed by atoms with Crippen molar-refractivity contribution in [3.05, 3.63) is 10.0 Å². The quantitative estimate of drug-likeness (QED) is 0.755. The minimum absolute atomic E-state index is 0.618. The Morgan fingerprint density at radius 3 is 2.93 bits per heavy atom. The maximum Gasteiger partial charge on any atom is 0.209 e. The lowest BCUT2D eigenvalue weighted by atomic mass is 10.6. The highest BCUT2D eigenvalue weighted by Crippen LogP contribution is 2.24. The molecule has 0 aliphatic rings. The van der Waals surface area contributed by atoms with Crippen LogP contribution in [0.3, 0.4) is 0 Å². The van der Waals surface area contributed by atoms with Gasteiger partial charge in [0.1, 0.15) is 10.0 Å². The Balaban J connectivity index is 2.02. The second kappa shape index (κ2) is 4.20. The summed E-state index contributed by atoms with van der Waals surface area (Å²) in [5.41, 5.74) is 0.768. The monoisotopic (exact) mass is 248 g/mol. The molecular formula is C5H5ClN6S2. The summed E-state index contributed by atoms with van der Waals surface area (Å²) in [6, 6.07) is 0. The van der Waals surface area contributed by atoms with Gasteiger partial charge in [-0.05, 0) is 10.4 Å². The molecule has 0 bridgehead atoms. The number of hydrogen-bond donors (Lipinski definition) is 0. The van der Waals surface area contributed by atoms with Crippen molar-refractivity contribution in [2.75, 3.05) is 0 Å². The van der Waals surface area contributed by atoms with Crippen LogP contribution in [0.4, 0.5) is 0 Å². The number of hydrogen-bond acceptors (Lipinski definition) is 7. The summed E-state index contributed by atoms with van der Waals surface area (Å²) in [6.45, 7) is 0. The Labute approximate surface area is 92.8 Å². The van der Waals surface area contributed by atoms with Crippen LogP contribution >= 0.6 is 34.9 Å². The van der Waals surface area contributed by atoms with Crippen LogP contribution in [-0.4, -0.2) is 29.8 Å². The van der Waals surface area contributed by atoms with Crippen molar-refractivity contribution in [2.24, 2.45) is 7.05 Å². The predicted octanol–water partition coefficient (Wildman–Crippen LogP) is 1.01. The summed E-state index contributed by atoms with van der Waals surface area (Å²) in [7, 11) is 1.78. The summed E-state index contributed by atoms with van der Waals surface area (Å²) in [5, 5.41) is 15.7. The molecule has 0 atom stereocenters. The van der Waals surface area contributed by atoms with E-state index >= 15 is 0 Å². The number of nitrogens with zero attached hydrogens (tertiary/aromatic N) is 6. The maximum absolute atomic E-state index is 5.84. The van der Waals surface area contributed by atoms with Crippen LogP contribution < -0.4 is 0 Å². The Kier molecular flexibility index (Phi) is 2.94. The van der Waals surface area contributed by atoms with Crippen molar-refractivity contribution in [1.29, 1.82) is 0 Å². The van der Waals surface area contributed by atoms with E-state index in [1.165, 1.54) is 23.3 Å². The van der Waals surface area contributed by atoms with E-state index in [0.717, 1.165) is 10.9 Å². The molecule has 2 aromatic rings. The highest BCUT2D eigenvalue weighted by atomic mass is 35.5. The van der Waals surface area contributed by atoms with Crippen molar-refractivity contribution in [3.63, 3.8) is 0 Å². The summed E-state index contributed by atoms with van der Waals surface area (Å²) in [6.07, 6.45) is 0. The van der Waals surface area contributed by atoms with Gasteiger partial charge in [0.05, 0.1) is 0 Å². The summed E-state index contributed by atoms with van der Waals surface area (Å²) in [4.78, 5) is 0. The number of tetrazole rings is 1. The van der Waals surface area contributed by atoms with Gasteiger partial charge in [-0.1, -0.05) is 27.9 Å². The maximum atomic E-state index is 5.84. The van der Waals surface area contributed by atoms with E-state index in [1.54, 1.807) is 11.7 Å². The zero-order valence-electron chi connectivity index (χ0n) is 7.08. The first-order valence-corrected chi connectivity index (χ1v) is 5.73. The molecule has 0 aliphatic carbocycles. The number of aromatic nitrogens is 6. The van der Waals surface area contributed by atoms with Gasteiger partial charge in [0.15, 0.2) is 0 Å². The fourth-order valence-corrected chi connectivity index (χ4v) is 2.34. The molecule has 0 fully saturated rings. The van der Waals surface area contributed by atoms with Crippen LogP contribution in [0.25, 0.3) is 0 Å². The van der Waals surface area contributed by atoms with Gasteiger partial charge in [-0.15, -0.1) is 10.2 Å². The van der Waals surface area contributed by atoms with Crippen LogP contribution in [0.15, 0.2) is 5.16 Å². The van der Waals surface area contributed by atoms with Crippen molar-refractivity contribution in [1.82, 2.24) is 29.8 Å². The van der Waals surface area contributed by atoms with E-state index in [2.05, 4.69) is 25.1 Å². The van der Waals surface area contributed by atoms with Crippen LogP contribution in [0.2, 0.25) is 4.34 Å². The number of rotatable bonds is 3. The Hall–Kier alpha value is -0.730.